The zero-order valence-corrected chi connectivity index (χ0v) is 13.2. The van der Waals surface area contributed by atoms with E-state index in [-0.39, 0.29) is 0 Å². The molecule has 94 valence electrons. The normalized spacial score (nSPS) is 12.2. The minimum absolute atomic E-state index is 0.322. The highest BCUT2D eigenvalue weighted by Crippen LogP contribution is 2.23. The molecule has 18 heavy (non-hydrogen) atoms. The monoisotopic (exact) mass is 351 g/mol. The zero-order chi connectivity index (χ0) is 13.1. The van der Waals surface area contributed by atoms with Gasteiger partial charge in [0.1, 0.15) is 0 Å². The number of nitrogens with one attached hydrogen (secondary N) is 1. The molecule has 0 fully saturated rings. The molecule has 0 aliphatic carbocycles. The van der Waals surface area contributed by atoms with Crippen molar-refractivity contribution in [2.24, 2.45) is 0 Å². The van der Waals surface area contributed by atoms with Crippen molar-refractivity contribution >= 4 is 28.3 Å². The second-order valence-electron chi connectivity index (χ2n) is 4.74. The lowest BCUT2D eigenvalue weighted by molar-refractivity contribution is 0.872. The molecule has 0 amide bonds. The lowest BCUT2D eigenvalue weighted by atomic mass is 10.00. The first-order valence-corrected chi connectivity index (χ1v) is 7.23. The summed E-state index contributed by atoms with van der Waals surface area (Å²) in [7, 11) is 0. The van der Waals surface area contributed by atoms with E-state index in [0.29, 0.717) is 6.04 Å². The SMILES string of the molecule is Cc1ccc(C)c(C(C)Nc2cccc(I)c2)c1. The molecule has 0 saturated heterocycles. The molecule has 0 radical (unpaired) electrons. The van der Waals surface area contributed by atoms with Crippen molar-refractivity contribution in [1.82, 2.24) is 0 Å². The molecule has 0 aliphatic rings. The Kier molecular flexibility index (Phi) is 4.27. The largest absolute Gasteiger partial charge is 0.378 e. The quantitative estimate of drug-likeness (QED) is 0.761. The van der Waals surface area contributed by atoms with Crippen LogP contribution in [0.1, 0.15) is 29.7 Å². The van der Waals surface area contributed by atoms with Crippen molar-refractivity contribution in [1.29, 1.82) is 0 Å². The maximum absolute atomic E-state index is 3.56. The van der Waals surface area contributed by atoms with Crippen LogP contribution in [-0.2, 0) is 0 Å². The third kappa shape index (κ3) is 3.25. The van der Waals surface area contributed by atoms with E-state index in [1.54, 1.807) is 0 Å². The third-order valence-electron chi connectivity index (χ3n) is 3.11. The molecule has 1 nitrogen and oxygen atoms in total. The summed E-state index contributed by atoms with van der Waals surface area (Å²) in [5, 5.41) is 3.56. The van der Waals surface area contributed by atoms with Crippen LogP contribution in [0.15, 0.2) is 42.5 Å². The summed E-state index contributed by atoms with van der Waals surface area (Å²) in [6, 6.07) is 15.4. The molecule has 0 bridgehead atoms. The lowest BCUT2D eigenvalue weighted by Gasteiger charge is -2.18. The van der Waals surface area contributed by atoms with Crippen molar-refractivity contribution in [2.45, 2.75) is 26.8 Å². The Morgan fingerprint density at radius 2 is 1.83 bits per heavy atom. The second-order valence-corrected chi connectivity index (χ2v) is 5.98. The average molecular weight is 351 g/mol. The van der Waals surface area contributed by atoms with Crippen LogP contribution < -0.4 is 5.32 Å². The Balaban J connectivity index is 2.21. The molecule has 2 aromatic rings. The fraction of sp³-hybridized carbons (Fsp3) is 0.250. The van der Waals surface area contributed by atoms with Crippen molar-refractivity contribution in [3.8, 4) is 0 Å². The van der Waals surface area contributed by atoms with E-state index in [2.05, 4.69) is 91.1 Å². The maximum atomic E-state index is 3.56. The average Bonchev–Trinajstić information content (AvgIpc) is 2.32. The van der Waals surface area contributed by atoms with Crippen LogP contribution >= 0.6 is 22.6 Å². The number of aryl methyl sites for hydroxylation is 2. The van der Waals surface area contributed by atoms with Crippen molar-refractivity contribution in [2.75, 3.05) is 5.32 Å². The highest BCUT2D eigenvalue weighted by atomic mass is 127. The number of benzene rings is 2. The van der Waals surface area contributed by atoms with E-state index < -0.39 is 0 Å². The maximum Gasteiger partial charge on any atom is 0.0488 e. The first-order chi connectivity index (χ1) is 8.56. The van der Waals surface area contributed by atoms with E-state index in [4.69, 9.17) is 0 Å². The fourth-order valence-electron chi connectivity index (χ4n) is 2.13. The third-order valence-corrected chi connectivity index (χ3v) is 3.78. The minimum atomic E-state index is 0.322. The van der Waals surface area contributed by atoms with Gasteiger partial charge in [0, 0.05) is 15.3 Å². The van der Waals surface area contributed by atoms with Gasteiger partial charge in [0.05, 0.1) is 0 Å². The summed E-state index contributed by atoms with van der Waals surface area (Å²) in [6.45, 7) is 6.52. The molecule has 1 N–H and O–H groups in total. The number of anilines is 1. The summed E-state index contributed by atoms with van der Waals surface area (Å²) in [5.41, 5.74) is 5.20. The number of hydrogen-bond donors (Lipinski definition) is 1. The smallest absolute Gasteiger partial charge is 0.0488 e. The van der Waals surface area contributed by atoms with Gasteiger partial charge in [-0.05, 0) is 72.7 Å². The predicted molar refractivity (Wildman–Crippen MR) is 87.1 cm³/mol. The molecule has 0 spiro atoms. The molecule has 1 unspecified atom stereocenters. The van der Waals surface area contributed by atoms with E-state index in [1.165, 1.54) is 25.9 Å². The van der Waals surface area contributed by atoms with Crippen LogP contribution in [-0.4, -0.2) is 0 Å². The Bertz CT molecular complexity index is 549. The molecule has 2 heteroatoms. The first-order valence-electron chi connectivity index (χ1n) is 6.15. The summed E-state index contributed by atoms with van der Waals surface area (Å²) in [5.74, 6) is 0. The summed E-state index contributed by atoms with van der Waals surface area (Å²) in [6.07, 6.45) is 0. The molecular formula is C16H18IN. The molecule has 0 aliphatic heterocycles. The highest BCUT2D eigenvalue weighted by molar-refractivity contribution is 14.1. The Morgan fingerprint density at radius 1 is 1.06 bits per heavy atom. The number of rotatable bonds is 3. The van der Waals surface area contributed by atoms with Crippen molar-refractivity contribution in [3.05, 3.63) is 62.7 Å². The van der Waals surface area contributed by atoms with E-state index in [1.807, 2.05) is 0 Å². The summed E-state index contributed by atoms with van der Waals surface area (Å²) in [4.78, 5) is 0. The number of halogens is 1. The van der Waals surface area contributed by atoms with Gasteiger partial charge in [-0.2, -0.15) is 0 Å². The van der Waals surface area contributed by atoms with Crippen LogP contribution in [0.2, 0.25) is 0 Å². The van der Waals surface area contributed by atoms with Crippen LogP contribution in [0, 0.1) is 17.4 Å². The van der Waals surface area contributed by atoms with E-state index in [9.17, 15) is 0 Å². The summed E-state index contributed by atoms with van der Waals surface area (Å²) >= 11 is 2.34. The van der Waals surface area contributed by atoms with Crippen LogP contribution in [0.5, 0.6) is 0 Å². The molecule has 0 aromatic heterocycles. The van der Waals surface area contributed by atoms with Crippen LogP contribution in [0.25, 0.3) is 0 Å². The van der Waals surface area contributed by atoms with Gasteiger partial charge < -0.3 is 5.32 Å². The molecular weight excluding hydrogens is 333 g/mol. The molecule has 1 atom stereocenters. The molecule has 2 rings (SSSR count). The minimum Gasteiger partial charge on any atom is -0.378 e. The van der Waals surface area contributed by atoms with Gasteiger partial charge in [0.25, 0.3) is 0 Å². The van der Waals surface area contributed by atoms with Gasteiger partial charge in [-0.15, -0.1) is 0 Å². The predicted octanol–water partition coefficient (Wildman–Crippen LogP) is 5.08. The molecule has 2 aromatic carbocycles. The zero-order valence-electron chi connectivity index (χ0n) is 11.0. The van der Waals surface area contributed by atoms with Crippen molar-refractivity contribution in [3.63, 3.8) is 0 Å². The Labute approximate surface area is 123 Å². The molecule has 0 saturated carbocycles. The highest BCUT2D eigenvalue weighted by Gasteiger charge is 2.08. The van der Waals surface area contributed by atoms with Gasteiger partial charge in [-0.1, -0.05) is 29.8 Å². The van der Waals surface area contributed by atoms with Gasteiger partial charge in [0.15, 0.2) is 0 Å². The lowest BCUT2D eigenvalue weighted by Crippen LogP contribution is -2.08. The van der Waals surface area contributed by atoms with E-state index >= 15 is 0 Å². The standard InChI is InChI=1S/C16H18IN/c1-11-7-8-12(2)16(9-11)13(3)18-15-6-4-5-14(17)10-15/h4-10,13,18H,1-3H3. The van der Waals surface area contributed by atoms with E-state index in [0.717, 1.165) is 0 Å². The first kappa shape index (κ1) is 13.4. The Morgan fingerprint density at radius 3 is 2.56 bits per heavy atom. The topological polar surface area (TPSA) is 12.0 Å². The Hall–Kier alpha value is -1.03. The summed E-state index contributed by atoms with van der Waals surface area (Å²) < 4.78 is 1.26. The van der Waals surface area contributed by atoms with Gasteiger partial charge in [0.2, 0.25) is 0 Å². The van der Waals surface area contributed by atoms with Crippen LogP contribution in [0.4, 0.5) is 5.69 Å². The van der Waals surface area contributed by atoms with Crippen molar-refractivity contribution < 1.29 is 0 Å². The molecule has 0 heterocycles. The van der Waals surface area contributed by atoms with Crippen LogP contribution in [0.3, 0.4) is 0 Å². The van der Waals surface area contributed by atoms with Gasteiger partial charge >= 0.3 is 0 Å². The number of hydrogen-bond acceptors (Lipinski definition) is 1. The van der Waals surface area contributed by atoms with Gasteiger partial charge in [-0.25, -0.2) is 0 Å². The second kappa shape index (κ2) is 5.74. The van der Waals surface area contributed by atoms with Gasteiger partial charge in [-0.3, -0.25) is 0 Å². The fourth-order valence-corrected chi connectivity index (χ4v) is 2.68.